The van der Waals surface area contributed by atoms with Gasteiger partial charge < -0.3 is 0 Å². The second-order valence-corrected chi connectivity index (χ2v) is 4.61. The first-order valence-electron chi connectivity index (χ1n) is 6.53. The van der Waals surface area contributed by atoms with Gasteiger partial charge in [-0.25, -0.2) is 5.43 Å². The molecule has 0 spiro atoms. The molecule has 0 atom stereocenters. The van der Waals surface area contributed by atoms with Crippen molar-refractivity contribution >= 4 is 12.1 Å². The average molecular weight is 270 g/mol. The summed E-state index contributed by atoms with van der Waals surface area (Å²) in [6.45, 7) is 4.02. The normalized spacial score (nSPS) is 10.9. The Labute approximate surface area is 118 Å². The molecule has 1 aromatic heterocycles. The molecular weight excluding hydrogens is 252 g/mol. The smallest absolute Gasteiger partial charge is 0.266 e. The third kappa shape index (κ3) is 3.32. The molecule has 0 saturated carbocycles. The predicted octanol–water partition coefficient (Wildman–Crippen LogP) is 2.05. The van der Waals surface area contributed by atoms with Gasteiger partial charge >= 0.3 is 0 Å². The molecule has 2 aromatic rings. The largest absolute Gasteiger partial charge is 0.289 e. The lowest BCUT2D eigenvalue weighted by molar-refractivity contribution is 0.0945. The number of hydrogen-bond acceptors (Lipinski definition) is 3. The van der Waals surface area contributed by atoms with Crippen molar-refractivity contribution in [1.82, 2.24) is 15.2 Å². The van der Waals surface area contributed by atoms with Crippen molar-refractivity contribution < 1.29 is 4.79 Å². The highest BCUT2D eigenvalue weighted by Gasteiger charge is 2.11. The molecular formula is C15H18N4O. The summed E-state index contributed by atoms with van der Waals surface area (Å²) in [4.78, 5) is 12.0. The van der Waals surface area contributed by atoms with Gasteiger partial charge in [-0.05, 0) is 25.0 Å². The van der Waals surface area contributed by atoms with E-state index in [2.05, 4.69) is 15.6 Å². The Kier molecular flexibility index (Phi) is 4.30. The van der Waals surface area contributed by atoms with Gasteiger partial charge in [-0.15, -0.1) is 0 Å². The van der Waals surface area contributed by atoms with Crippen LogP contribution in [0.3, 0.4) is 0 Å². The number of nitrogens with one attached hydrogen (secondary N) is 1. The molecule has 0 aliphatic rings. The summed E-state index contributed by atoms with van der Waals surface area (Å²) in [5, 5.41) is 8.19. The molecule has 1 N–H and O–H groups in total. The van der Waals surface area contributed by atoms with Gasteiger partial charge in [0.25, 0.3) is 5.91 Å². The third-order valence-electron chi connectivity index (χ3n) is 2.98. The molecule has 0 aliphatic carbocycles. The summed E-state index contributed by atoms with van der Waals surface area (Å²) in [7, 11) is 1.75. The minimum absolute atomic E-state index is 0.261. The fraction of sp³-hybridized carbons (Fsp3) is 0.267. The van der Waals surface area contributed by atoms with Crippen LogP contribution in [-0.4, -0.2) is 21.9 Å². The number of hydrogen-bond donors (Lipinski definition) is 1. The molecule has 0 aliphatic heterocycles. The molecule has 0 saturated heterocycles. The number of aromatic nitrogens is 2. The summed E-state index contributed by atoms with van der Waals surface area (Å²) in [6.07, 6.45) is 2.42. The molecule has 0 bridgehead atoms. The first-order chi connectivity index (χ1) is 9.60. The molecule has 1 amide bonds. The number of benzene rings is 1. The van der Waals surface area contributed by atoms with Gasteiger partial charge in [-0.2, -0.15) is 10.2 Å². The third-order valence-corrected chi connectivity index (χ3v) is 2.98. The number of carbonyl (C=O) groups is 1. The molecule has 0 unspecified atom stereocenters. The second-order valence-electron chi connectivity index (χ2n) is 4.61. The van der Waals surface area contributed by atoms with E-state index >= 15 is 0 Å². The average Bonchev–Trinajstić information content (AvgIpc) is 2.82. The van der Waals surface area contributed by atoms with E-state index in [4.69, 9.17) is 0 Å². The van der Waals surface area contributed by atoms with Crippen LogP contribution in [0, 0.1) is 6.92 Å². The molecule has 5 nitrogen and oxygen atoms in total. The fourth-order valence-corrected chi connectivity index (χ4v) is 1.79. The van der Waals surface area contributed by atoms with E-state index < -0.39 is 0 Å². The van der Waals surface area contributed by atoms with E-state index in [1.807, 2.05) is 38.1 Å². The van der Waals surface area contributed by atoms with E-state index in [-0.39, 0.29) is 5.91 Å². The zero-order chi connectivity index (χ0) is 14.5. The maximum Gasteiger partial charge on any atom is 0.289 e. The van der Waals surface area contributed by atoms with Gasteiger partial charge in [-0.1, -0.05) is 36.8 Å². The molecule has 20 heavy (non-hydrogen) atoms. The minimum atomic E-state index is -0.261. The van der Waals surface area contributed by atoms with Crippen LogP contribution < -0.4 is 5.43 Å². The molecule has 0 fully saturated rings. The van der Waals surface area contributed by atoms with E-state index in [9.17, 15) is 4.79 Å². The Hall–Kier alpha value is -2.43. The molecule has 104 valence electrons. The SMILES string of the molecule is CCc1cc(C(=O)N/N=C\c2ccc(C)cc2)n(C)n1. The standard InChI is InChI=1S/C15H18N4O/c1-4-13-9-14(19(3)18-13)15(20)17-16-10-12-7-5-11(2)6-8-12/h5-10H,4H2,1-3H3,(H,17,20)/b16-10-. The quantitative estimate of drug-likeness (QED) is 0.683. The van der Waals surface area contributed by atoms with Crippen molar-refractivity contribution in [3.05, 3.63) is 52.8 Å². The number of aryl methyl sites for hydroxylation is 3. The van der Waals surface area contributed by atoms with Gasteiger partial charge in [0, 0.05) is 7.05 Å². The van der Waals surface area contributed by atoms with Crippen molar-refractivity contribution in [3.8, 4) is 0 Å². The molecule has 5 heteroatoms. The van der Waals surface area contributed by atoms with Crippen LogP contribution in [0.5, 0.6) is 0 Å². The van der Waals surface area contributed by atoms with E-state index in [0.717, 1.165) is 17.7 Å². The van der Waals surface area contributed by atoms with Crippen LogP contribution in [0.2, 0.25) is 0 Å². The molecule has 1 heterocycles. The van der Waals surface area contributed by atoms with Gasteiger partial charge in [0.2, 0.25) is 0 Å². The lowest BCUT2D eigenvalue weighted by Gasteiger charge is -1.99. The van der Waals surface area contributed by atoms with Crippen LogP contribution in [0.15, 0.2) is 35.4 Å². The number of hydrazone groups is 1. The van der Waals surface area contributed by atoms with Crippen molar-refractivity contribution in [2.45, 2.75) is 20.3 Å². The van der Waals surface area contributed by atoms with Crippen LogP contribution in [0.25, 0.3) is 0 Å². The van der Waals surface area contributed by atoms with Crippen molar-refractivity contribution in [3.63, 3.8) is 0 Å². The van der Waals surface area contributed by atoms with Crippen LogP contribution in [-0.2, 0) is 13.5 Å². The van der Waals surface area contributed by atoms with Gasteiger partial charge in [0.05, 0.1) is 11.9 Å². The molecule has 1 aromatic carbocycles. The molecule has 2 rings (SSSR count). The van der Waals surface area contributed by atoms with Crippen LogP contribution >= 0.6 is 0 Å². The van der Waals surface area contributed by atoms with Crippen molar-refractivity contribution in [2.75, 3.05) is 0 Å². The summed E-state index contributed by atoms with van der Waals surface area (Å²) in [6, 6.07) is 9.67. The van der Waals surface area contributed by atoms with Crippen LogP contribution in [0.1, 0.15) is 34.2 Å². The Morgan fingerprint density at radius 2 is 2.10 bits per heavy atom. The number of carbonyl (C=O) groups excluding carboxylic acids is 1. The van der Waals surface area contributed by atoms with Gasteiger partial charge in [0.1, 0.15) is 5.69 Å². The monoisotopic (exact) mass is 270 g/mol. The van der Waals surface area contributed by atoms with Gasteiger partial charge in [0.15, 0.2) is 0 Å². The van der Waals surface area contributed by atoms with Crippen LogP contribution in [0.4, 0.5) is 0 Å². The Bertz CT molecular complexity index is 626. The Morgan fingerprint density at radius 3 is 2.70 bits per heavy atom. The topological polar surface area (TPSA) is 59.3 Å². The van der Waals surface area contributed by atoms with Crippen molar-refractivity contribution in [1.29, 1.82) is 0 Å². The van der Waals surface area contributed by atoms with Gasteiger partial charge in [-0.3, -0.25) is 9.48 Å². The maximum absolute atomic E-state index is 12.0. The first-order valence-corrected chi connectivity index (χ1v) is 6.53. The zero-order valence-electron chi connectivity index (χ0n) is 11.9. The summed E-state index contributed by atoms with van der Waals surface area (Å²) < 4.78 is 1.57. The molecule has 0 radical (unpaired) electrons. The highest BCUT2D eigenvalue weighted by Crippen LogP contribution is 2.04. The summed E-state index contributed by atoms with van der Waals surface area (Å²) in [5.41, 5.74) is 6.03. The highest BCUT2D eigenvalue weighted by atomic mass is 16.2. The second kappa shape index (κ2) is 6.14. The lowest BCUT2D eigenvalue weighted by atomic mass is 10.2. The number of rotatable bonds is 4. The van der Waals surface area contributed by atoms with Crippen molar-refractivity contribution in [2.24, 2.45) is 12.1 Å². The first kappa shape index (κ1) is 14.0. The van der Waals surface area contributed by atoms with E-state index in [1.165, 1.54) is 5.56 Å². The summed E-state index contributed by atoms with van der Waals surface area (Å²) in [5.74, 6) is -0.261. The number of amides is 1. The lowest BCUT2D eigenvalue weighted by Crippen LogP contribution is -2.20. The maximum atomic E-state index is 12.0. The van der Waals surface area contributed by atoms with E-state index in [1.54, 1.807) is 24.0 Å². The minimum Gasteiger partial charge on any atom is -0.266 e. The Balaban J connectivity index is 2.01. The highest BCUT2D eigenvalue weighted by molar-refractivity contribution is 5.93. The van der Waals surface area contributed by atoms with E-state index in [0.29, 0.717) is 5.69 Å². The zero-order valence-corrected chi connectivity index (χ0v) is 11.9. The number of nitrogens with zero attached hydrogens (tertiary/aromatic N) is 3. The fourth-order valence-electron chi connectivity index (χ4n) is 1.79. The predicted molar refractivity (Wildman–Crippen MR) is 78.8 cm³/mol. The summed E-state index contributed by atoms with van der Waals surface area (Å²) >= 11 is 0. The Morgan fingerprint density at radius 1 is 1.40 bits per heavy atom.